The van der Waals surface area contributed by atoms with Crippen LogP contribution >= 0.6 is 0 Å². The third-order valence-electron chi connectivity index (χ3n) is 5.44. The van der Waals surface area contributed by atoms with Crippen molar-refractivity contribution in [2.24, 2.45) is 0 Å². The Morgan fingerprint density at radius 2 is 2.03 bits per heavy atom. The summed E-state index contributed by atoms with van der Waals surface area (Å²) in [7, 11) is 0. The molecule has 0 spiro atoms. The van der Waals surface area contributed by atoms with E-state index in [1.165, 1.54) is 6.07 Å². The van der Waals surface area contributed by atoms with E-state index in [0.717, 1.165) is 5.69 Å². The first-order valence-corrected chi connectivity index (χ1v) is 9.52. The average molecular weight is 403 g/mol. The first-order valence-electron chi connectivity index (χ1n) is 9.52. The summed E-state index contributed by atoms with van der Waals surface area (Å²) in [6, 6.07) is 8.29. The van der Waals surface area contributed by atoms with E-state index in [0.29, 0.717) is 44.5 Å². The van der Waals surface area contributed by atoms with Gasteiger partial charge in [0.05, 0.1) is 45.7 Å². The number of nitrogens with one attached hydrogen (secondary N) is 1. The average Bonchev–Trinajstić information content (AvgIpc) is 3.26. The molecule has 0 fully saturated rings. The van der Waals surface area contributed by atoms with E-state index in [2.05, 4.69) is 20.1 Å². The van der Waals surface area contributed by atoms with Crippen molar-refractivity contribution in [2.45, 2.75) is 26.8 Å². The Morgan fingerprint density at radius 3 is 2.73 bits per heavy atom. The Bertz CT molecular complexity index is 1450. The zero-order valence-corrected chi connectivity index (χ0v) is 16.6. The summed E-state index contributed by atoms with van der Waals surface area (Å²) in [5.41, 5.74) is 3.73. The Labute approximate surface area is 170 Å². The van der Waals surface area contributed by atoms with Gasteiger partial charge in [0.15, 0.2) is 0 Å². The fourth-order valence-electron chi connectivity index (χ4n) is 4.01. The lowest BCUT2D eigenvalue weighted by Crippen LogP contribution is -2.21. The summed E-state index contributed by atoms with van der Waals surface area (Å²) in [5, 5.41) is 4.46. The van der Waals surface area contributed by atoms with Crippen LogP contribution in [0, 0.1) is 19.7 Å². The molecule has 0 bridgehead atoms. The van der Waals surface area contributed by atoms with Gasteiger partial charge in [-0.15, -0.1) is 0 Å². The van der Waals surface area contributed by atoms with Crippen LogP contribution in [0.5, 0.6) is 0 Å². The van der Waals surface area contributed by atoms with Crippen LogP contribution in [0.2, 0.25) is 0 Å². The third-order valence-corrected chi connectivity index (χ3v) is 5.44. The van der Waals surface area contributed by atoms with E-state index in [1.54, 1.807) is 36.9 Å². The number of rotatable bonds is 3. The minimum Gasteiger partial charge on any atom is -0.361 e. The number of benzene rings is 1. The molecule has 150 valence electrons. The molecule has 1 atom stereocenters. The number of H-pyrrole nitrogens is 1. The quantitative estimate of drug-likeness (QED) is 0.485. The standard InChI is InChI=1S/C22H18FN5O2/c1-11-20(13(3)30-27-11)14-9-18-15(8-16(14)23)21-19(10-25-18)26-22(29)28(21)12(2)17-6-4-5-7-24-17/h4-10,12H,1-3H3,(H,26,29)/t12-/m1/s1. The molecule has 4 heterocycles. The van der Waals surface area contributed by atoms with Gasteiger partial charge in [0, 0.05) is 17.1 Å². The second kappa shape index (κ2) is 6.62. The summed E-state index contributed by atoms with van der Waals surface area (Å²) < 4.78 is 22.0. The predicted molar refractivity (Wildman–Crippen MR) is 111 cm³/mol. The van der Waals surface area contributed by atoms with Crippen molar-refractivity contribution in [1.82, 2.24) is 24.7 Å². The highest BCUT2D eigenvalue weighted by atomic mass is 19.1. The Morgan fingerprint density at radius 1 is 1.20 bits per heavy atom. The maximum Gasteiger partial charge on any atom is 0.327 e. The van der Waals surface area contributed by atoms with Gasteiger partial charge >= 0.3 is 5.69 Å². The molecule has 0 aliphatic carbocycles. The van der Waals surface area contributed by atoms with Gasteiger partial charge in [-0.2, -0.15) is 0 Å². The molecule has 8 heteroatoms. The van der Waals surface area contributed by atoms with Crippen LogP contribution in [0.25, 0.3) is 33.1 Å². The van der Waals surface area contributed by atoms with E-state index in [4.69, 9.17) is 4.52 Å². The van der Waals surface area contributed by atoms with Crippen LogP contribution < -0.4 is 5.69 Å². The molecule has 5 rings (SSSR count). The second-order valence-corrected chi connectivity index (χ2v) is 7.30. The van der Waals surface area contributed by atoms with Crippen molar-refractivity contribution in [2.75, 3.05) is 0 Å². The molecule has 7 nitrogen and oxygen atoms in total. The first-order chi connectivity index (χ1) is 14.5. The van der Waals surface area contributed by atoms with Crippen molar-refractivity contribution >= 4 is 21.9 Å². The van der Waals surface area contributed by atoms with Gasteiger partial charge in [0.1, 0.15) is 11.6 Å². The Hall–Kier alpha value is -3.81. The molecule has 0 unspecified atom stereocenters. The van der Waals surface area contributed by atoms with Crippen LogP contribution in [0.15, 0.2) is 52.0 Å². The van der Waals surface area contributed by atoms with Crippen LogP contribution in [-0.2, 0) is 0 Å². The molecule has 1 N–H and O–H groups in total. The number of pyridine rings is 2. The molecule has 4 aromatic heterocycles. The monoisotopic (exact) mass is 403 g/mol. The fourth-order valence-corrected chi connectivity index (χ4v) is 4.01. The number of imidazole rings is 1. The van der Waals surface area contributed by atoms with Crippen LogP contribution in [-0.4, -0.2) is 24.7 Å². The van der Waals surface area contributed by atoms with Crippen molar-refractivity contribution in [3.05, 3.63) is 76.2 Å². The minimum atomic E-state index is -0.433. The number of aryl methyl sites for hydroxylation is 2. The molecular formula is C22H18FN5O2. The molecule has 0 amide bonds. The number of aromatic amines is 1. The summed E-state index contributed by atoms with van der Waals surface area (Å²) in [6.07, 6.45) is 3.27. The number of hydrogen-bond donors (Lipinski definition) is 1. The summed E-state index contributed by atoms with van der Waals surface area (Å²) >= 11 is 0. The van der Waals surface area contributed by atoms with Gasteiger partial charge in [-0.1, -0.05) is 11.2 Å². The predicted octanol–water partition coefficient (Wildman–Crippen LogP) is 4.29. The maximum absolute atomic E-state index is 15.2. The highest BCUT2D eigenvalue weighted by Gasteiger charge is 2.21. The van der Waals surface area contributed by atoms with Gasteiger partial charge < -0.3 is 9.51 Å². The summed E-state index contributed by atoms with van der Waals surface area (Å²) in [4.78, 5) is 24.4. The molecule has 0 saturated heterocycles. The molecule has 1 aromatic carbocycles. The molecule has 0 radical (unpaired) electrons. The van der Waals surface area contributed by atoms with E-state index in [9.17, 15) is 4.79 Å². The fraction of sp³-hybridized carbons (Fsp3) is 0.182. The largest absolute Gasteiger partial charge is 0.361 e. The number of fused-ring (bicyclic) bond motifs is 3. The second-order valence-electron chi connectivity index (χ2n) is 7.30. The van der Waals surface area contributed by atoms with Crippen molar-refractivity contribution in [3.63, 3.8) is 0 Å². The van der Waals surface area contributed by atoms with Crippen molar-refractivity contribution < 1.29 is 8.91 Å². The van der Waals surface area contributed by atoms with Gasteiger partial charge in [-0.3, -0.25) is 14.5 Å². The molecule has 5 aromatic rings. The van der Waals surface area contributed by atoms with E-state index >= 15 is 4.39 Å². The topological polar surface area (TPSA) is 89.6 Å². The van der Waals surface area contributed by atoms with E-state index in [1.807, 2.05) is 25.1 Å². The molecule has 0 saturated carbocycles. The summed E-state index contributed by atoms with van der Waals surface area (Å²) in [5.74, 6) is 0.103. The smallest absolute Gasteiger partial charge is 0.327 e. The minimum absolute atomic E-state index is 0.298. The SMILES string of the molecule is Cc1noc(C)c1-c1cc2ncc3[nH]c(=O)n([C@H](C)c4ccccn4)c3c2cc1F. The number of hydrogen-bond acceptors (Lipinski definition) is 5. The molecule has 30 heavy (non-hydrogen) atoms. The zero-order valence-electron chi connectivity index (χ0n) is 16.6. The number of nitrogens with zero attached hydrogens (tertiary/aromatic N) is 4. The first kappa shape index (κ1) is 18.2. The van der Waals surface area contributed by atoms with Crippen LogP contribution in [0.1, 0.15) is 30.1 Å². The van der Waals surface area contributed by atoms with E-state index < -0.39 is 5.82 Å². The number of aromatic nitrogens is 5. The van der Waals surface area contributed by atoms with Crippen LogP contribution in [0.4, 0.5) is 4.39 Å². The van der Waals surface area contributed by atoms with Crippen molar-refractivity contribution in [3.8, 4) is 11.1 Å². The summed E-state index contributed by atoms with van der Waals surface area (Å²) in [6.45, 7) is 5.40. The lowest BCUT2D eigenvalue weighted by molar-refractivity contribution is 0.393. The van der Waals surface area contributed by atoms with E-state index in [-0.39, 0.29) is 11.7 Å². The lowest BCUT2D eigenvalue weighted by Gasteiger charge is -2.14. The highest BCUT2D eigenvalue weighted by Crippen LogP contribution is 2.34. The zero-order chi connectivity index (χ0) is 21.0. The molecule has 0 aliphatic heterocycles. The lowest BCUT2D eigenvalue weighted by atomic mass is 10.0. The van der Waals surface area contributed by atoms with Gasteiger partial charge in [0.2, 0.25) is 0 Å². The Balaban J connectivity index is 1.80. The number of halogens is 1. The third kappa shape index (κ3) is 2.64. The van der Waals surface area contributed by atoms with Gasteiger partial charge in [-0.25, -0.2) is 9.18 Å². The maximum atomic E-state index is 15.2. The molecular weight excluding hydrogens is 385 g/mol. The Kier molecular flexibility index (Phi) is 4.02. The van der Waals surface area contributed by atoms with Gasteiger partial charge in [0.25, 0.3) is 0 Å². The molecule has 0 aliphatic rings. The van der Waals surface area contributed by atoms with Crippen molar-refractivity contribution in [1.29, 1.82) is 0 Å². The van der Waals surface area contributed by atoms with Gasteiger partial charge in [-0.05, 0) is 45.0 Å². The normalized spacial score (nSPS) is 12.7. The highest BCUT2D eigenvalue weighted by molar-refractivity contribution is 6.03. The van der Waals surface area contributed by atoms with Crippen LogP contribution in [0.3, 0.4) is 0 Å².